The Morgan fingerprint density at radius 3 is 2.61 bits per heavy atom. The third-order valence-corrected chi connectivity index (χ3v) is 2.57. The Kier molecular flexibility index (Phi) is 3.67. The highest BCUT2D eigenvalue weighted by molar-refractivity contribution is 5.97. The highest BCUT2D eigenvalue weighted by atomic mass is 16.6. The Hall–Kier alpha value is -2.23. The van der Waals surface area contributed by atoms with Gasteiger partial charge < -0.3 is 15.2 Å². The van der Waals surface area contributed by atoms with Crippen LogP contribution in [0, 0.1) is 0 Å². The van der Waals surface area contributed by atoms with E-state index in [9.17, 15) is 4.79 Å². The molecule has 4 nitrogen and oxygen atoms in total. The highest BCUT2D eigenvalue weighted by Gasteiger charge is 2.07. The first-order valence-corrected chi connectivity index (χ1v) is 5.78. The quantitative estimate of drug-likeness (QED) is 0.663. The molecule has 0 saturated heterocycles. The van der Waals surface area contributed by atoms with Crippen LogP contribution in [0.15, 0.2) is 36.4 Å². The van der Waals surface area contributed by atoms with E-state index < -0.39 is 0 Å². The van der Waals surface area contributed by atoms with Gasteiger partial charge in [0.05, 0.1) is 6.61 Å². The number of rotatable bonds is 4. The molecule has 0 saturated carbocycles. The molecule has 0 radical (unpaired) electrons. The maximum Gasteiger partial charge on any atom is 0.344 e. The van der Waals surface area contributed by atoms with Gasteiger partial charge in [0.2, 0.25) is 0 Å². The summed E-state index contributed by atoms with van der Waals surface area (Å²) in [5.41, 5.74) is 6.57. The van der Waals surface area contributed by atoms with Crippen LogP contribution in [0.3, 0.4) is 0 Å². The fraction of sp³-hybridized carbons (Fsp3) is 0.214. The minimum absolute atomic E-state index is 0.0955. The minimum Gasteiger partial charge on any atom is -0.481 e. The summed E-state index contributed by atoms with van der Waals surface area (Å²) in [6.07, 6.45) is 0. The van der Waals surface area contributed by atoms with E-state index in [1.54, 1.807) is 19.1 Å². The molecule has 0 fully saturated rings. The number of benzene rings is 2. The smallest absolute Gasteiger partial charge is 0.344 e. The van der Waals surface area contributed by atoms with Crippen molar-refractivity contribution < 1.29 is 14.3 Å². The van der Waals surface area contributed by atoms with Gasteiger partial charge in [-0.1, -0.05) is 24.3 Å². The Bertz CT molecular complexity index is 566. The highest BCUT2D eigenvalue weighted by Crippen LogP contribution is 2.29. The lowest BCUT2D eigenvalue weighted by molar-refractivity contribution is -0.145. The second-order valence-corrected chi connectivity index (χ2v) is 3.79. The molecule has 0 aliphatic rings. The third kappa shape index (κ3) is 2.53. The number of fused-ring (bicyclic) bond motifs is 1. The molecule has 94 valence electrons. The van der Waals surface area contributed by atoms with E-state index in [4.69, 9.17) is 15.2 Å². The number of hydrogen-bond acceptors (Lipinski definition) is 4. The first-order valence-electron chi connectivity index (χ1n) is 5.78. The van der Waals surface area contributed by atoms with Crippen molar-refractivity contribution in [1.29, 1.82) is 0 Å². The summed E-state index contributed by atoms with van der Waals surface area (Å²) in [6.45, 7) is 2.02. The average molecular weight is 245 g/mol. The molecule has 0 unspecified atom stereocenters. The molecule has 0 aromatic heterocycles. The van der Waals surface area contributed by atoms with Crippen LogP contribution >= 0.6 is 0 Å². The van der Waals surface area contributed by atoms with Gasteiger partial charge in [-0.3, -0.25) is 0 Å². The van der Waals surface area contributed by atoms with Crippen LogP contribution < -0.4 is 10.5 Å². The molecule has 2 rings (SSSR count). The summed E-state index contributed by atoms with van der Waals surface area (Å²) in [7, 11) is 0. The van der Waals surface area contributed by atoms with Crippen LogP contribution in [0.5, 0.6) is 5.75 Å². The molecule has 0 aliphatic carbocycles. The van der Waals surface area contributed by atoms with Gasteiger partial charge in [0.25, 0.3) is 0 Å². The van der Waals surface area contributed by atoms with E-state index in [-0.39, 0.29) is 12.6 Å². The maximum absolute atomic E-state index is 11.2. The van der Waals surface area contributed by atoms with Crippen molar-refractivity contribution in [2.75, 3.05) is 18.9 Å². The topological polar surface area (TPSA) is 61.5 Å². The summed E-state index contributed by atoms with van der Waals surface area (Å²) in [6, 6.07) is 11.2. The standard InChI is InChI=1S/C14H15NO3/c1-2-17-14(16)9-18-13-8-7-12(15)10-5-3-4-6-11(10)13/h3-8H,2,9,15H2,1H3. The molecular formula is C14H15NO3. The summed E-state index contributed by atoms with van der Waals surface area (Å²) < 4.78 is 10.3. The van der Waals surface area contributed by atoms with E-state index in [0.29, 0.717) is 18.0 Å². The predicted molar refractivity (Wildman–Crippen MR) is 70.5 cm³/mol. The lowest BCUT2D eigenvalue weighted by atomic mass is 10.1. The minimum atomic E-state index is -0.376. The van der Waals surface area contributed by atoms with Crippen LogP contribution in [-0.2, 0) is 9.53 Å². The first-order chi connectivity index (χ1) is 8.72. The molecule has 18 heavy (non-hydrogen) atoms. The number of anilines is 1. The van der Waals surface area contributed by atoms with Crippen LogP contribution in [0.25, 0.3) is 10.8 Å². The zero-order valence-corrected chi connectivity index (χ0v) is 10.2. The normalized spacial score (nSPS) is 10.3. The number of nitrogen functional groups attached to an aromatic ring is 1. The average Bonchev–Trinajstić information content (AvgIpc) is 2.39. The van der Waals surface area contributed by atoms with Crippen molar-refractivity contribution in [1.82, 2.24) is 0 Å². The van der Waals surface area contributed by atoms with Gasteiger partial charge in [0.1, 0.15) is 5.75 Å². The lowest BCUT2D eigenvalue weighted by Gasteiger charge is -2.10. The SMILES string of the molecule is CCOC(=O)COc1ccc(N)c2ccccc12. The van der Waals surface area contributed by atoms with E-state index >= 15 is 0 Å². The molecule has 2 aromatic carbocycles. The van der Waals surface area contributed by atoms with Crippen molar-refractivity contribution in [3.63, 3.8) is 0 Å². The van der Waals surface area contributed by atoms with Crippen LogP contribution in [-0.4, -0.2) is 19.2 Å². The largest absolute Gasteiger partial charge is 0.481 e. The molecule has 0 heterocycles. The van der Waals surface area contributed by atoms with Crippen molar-refractivity contribution in [3.05, 3.63) is 36.4 Å². The second-order valence-electron chi connectivity index (χ2n) is 3.79. The molecule has 0 bridgehead atoms. The Labute approximate surface area is 105 Å². The van der Waals surface area contributed by atoms with Gasteiger partial charge in [-0.25, -0.2) is 4.79 Å². The Balaban J connectivity index is 2.24. The van der Waals surface area contributed by atoms with Crippen molar-refractivity contribution in [2.24, 2.45) is 0 Å². The Morgan fingerprint density at radius 2 is 1.89 bits per heavy atom. The molecule has 0 amide bonds. The molecule has 4 heteroatoms. The van der Waals surface area contributed by atoms with E-state index in [1.807, 2.05) is 24.3 Å². The predicted octanol–water partition coefficient (Wildman–Crippen LogP) is 2.36. The molecule has 0 spiro atoms. The first kappa shape index (κ1) is 12.2. The number of nitrogens with two attached hydrogens (primary N) is 1. The monoisotopic (exact) mass is 245 g/mol. The van der Waals surface area contributed by atoms with Gasteiger partial charge in [0.15, 0.2) is 6.61 Å². The molecule has 0 atom stereocenters. The maximum atomic E-state index is 11.2. The zero-order valence-electron chi connectivity index (χ0n) is 10.2. The molecule has 0 aliphatic heterocycles. The van der Waals surface area contributed by atoms with Crippen molar-refractivity contribution >= 4 is 22.4 Å². The number of esters is 1. The number of carbonyl (C=O) groups is 1. The van der Waals surface area contributed by atoms with E-state index in [1.165, 1.54) is 0 Å². The Morgan fingerprint density at radius 1 is 1.17 bits per heavy atom. The van der Waals surface area contributed by atoms with Crippen LogP contribution in [0.1, 0.15) is 6.92 Å². The fourth-order valence-corrected chi connectivity index (χ4v) is 1.76. The van der Waals surface area contributed by atoms with Gasteiger partial charge in [-0.2, -0.15) is 0 Å². The molecule has 2 aromatic rings. The molecule has 2 N–H and O–H groups in total. The van der Waals surface area contributed by atoms with E-state index in [0.717, 1.165) is 10.8 Å². The number of carbonyl (C=O) groups excluding carboxylic acids is 1. The summed E-state index contributed by atoms with van der Waals surface area (Å²) >= 11 is 0. The second kappa shape index (κ2) is 5.40. The van der Waals surface area contributed by atoms with E-state index in [2.05, 4.69) is 0 Å². The third-order valence-electron chi connectivity index (χ3n) is 2.57. The number of ether oxygens (including phenoxy) is 2. The zero-order chi connectivity index (χ0) is 13.0. The van der Waals surface area contributed by atoms with Crippen molar-refractivity contribution in [2.45, 2.75) is 6.92 Å². The lowest BCUT2D eigenvalue weighted by Crippen LogP contribution is -2.14. The van der Waals surface area contributed by atoms with Crippen molar-refractivity contribution in [3.8, 4) is 5.75 Å². The van der Waals surface area contributed by atoms with Gasteiger partial charge in [-0.15, -0.1) is 0 Å². The number of hydrogen-bond donors (Lipinski definition) is 1. The molecular weight excluding hydrogens is 230 g/mol. The fourth-order valence-electron chi connectivity index (χ4n) is 1.76. The van der Waals surface area contributed by atoms with Crippen LogP contribution in [0.4, 0.5) is 5.69 Å². The summed E-state index contributed by atoms with van der Waals surface area (Å²) in [4.78, 5) is 11.2. The van der Waals surface area contributed by atoms with Crippen LogP contribution in [0.2, 0.25) is 0 Å². The van der Waals surface area contributed by atoms with Gasteiger partial charge in [0, 0.05) is 16.5 Å². The van der Waals surface area contributed by atoms with Gasteiger partial charge >= 0.3 is 5.97 Å². The van der Waals surface area contributed by atoms with Gasteiger partial charge in [-0.05, 0) is 19.1 Å². The summed E-state index contributed by atoms with van der Waals surface area (Å²) in [5, 5.41) is 1.81. The summed E-state index contributed by atoms with van der Waals surface area (Å²) in [5.74, 6) is 0.256.